The molecule has 6 nitrogen and oxygen atoms in total. The van der Waals surface area contributed by atoms with Crippen LogP contribution in [0.1, 0.15) is 41.5 Å². The Kier molecular flexibility index (Phi) is 11.5. The molecule has 0 rings (SSSR count). The second kappa shape index (κ2) is 11.6. The molecule has 3 atom stereocenters. The molecule has 0 amide bonds. The normalized spacial score (nSPS) is 16.3. The highest BCUT2D eigenvalue weighted by Gasteiger charge is 2.35. The van der Waals surface area contributed by atoms with Gasteiger partial charge in [-0.3, -0.25) is 14.4 Å². The number of carbonyl (C=O) groups excluding carboxylic acids is 3. The Bertz CT molecular complexity index is 406. The smallest absolute Gasteiger partial charge is 0.374 e. The molecule has 10 heteroatoms. The van der Waals surface area contributed by atoms with Gasteiger partial charge in [0.05, 0.1) is 0 Å². The molecule has 146 valence electrons. The molecule has 0 aromatic heterocycles. The van der Waals surface area contributed by atoms with Crippen LogP contribution < -0.4 is 0 Å². The van der Waals surface area contributed by atoms with Gasteiger partial charge in [0.25, 0.3) is 0 Å². The maximum absolute atomic E-state index is 12.1. The fourth-order valence-electron chi connectivity index (χ4n) is 1.25. The van der Waals surface area contributed by atoms with Crippen molar-refractivity contribution in [2.75, 3.05) is 0 Å². The molecule has 0 saturated carbocycles. The molecule has 0 fully saturated rings. The first-order valence-corrected chi connectivity index (χ1v) is 10.5. The fraction of sp³-hybridized carbons (Fsp3) is 0.800. The van der Waals surface area contributed by atoms with Crippen molar-refractivity contribution < 1.29 is 28.0 Å². The van der Waals surface area contributed by atoms with E-state index < -0.39 is 42.3 Å². The Morgan fingerprint density at radius 3 is 0.960 bits per heavy atom. The number of rotatable bonds is 9. The quantitative estimate of drug-likeness (QED) is 0.382. The van der Waals surface area contributed by atoms with E-state index in [-0.39, 0.29) is 17.8 Å². The number of hydrogen-bond acceptors (Lipinski definition) is 9. The van der Waals surface area contributed by atoms with Crippen molar-refractivity contribution >= 4 is 64.4 Å². The average Bonchev–Trinajstić information content (AvgIpc) is 2.51. The maximum Gasteiger partial charge on any atom is 0.537 e. The van der Waals surface area contributed by atoms with Crippen LogP contribution in [0.15, 0.2) is 0 Å². The zero-order chi connectivity index (χ0) is 19.9. The molecule has 0 aliphatic carbocycles. The van der Waals surface area contributed by atoms with Crippen LogP contribution >= 0.6 is 46.5 Å². The van der Waals surface area contributed by atoms with E-state index in [0.29, 0.717) is 0 Å². The van der Waals surface area contributed by atoms with Crippen LogP contribution in [0.3, 0.4) is 0 Å². The maximum atomic E-state index is 12.1. The molecule has 0 aliphatic rings. The van der Waals surface area contributed by atoms with Gasteiger partial charge in [-0.05, 0) is 17.8 Å². The molecule has 0 radical (unpaired) electrons. The van der Waals surface area contributed by atoms with Gasteiger partial charge in [0.1, 0.15) is 15.7 Å². The first-order valence-electron chi connectivity index (χ1n) is 7.88. The minimum Gasteiger partial charge on any atom is -0.374 e. The van der Waals surface area contributed by atoms with Crippen LogP contribution in [0.4, 0.5) is 0 Å². The molecule has 0 aromatic carbocycles. The summed E-state index contributed by atoms with van der Waals surface area (Å²) in [6.07, 6.45) is 0. The lowest BCUT2D eigenvalue weighted by Gasteiger charge is -2.22. The molecular weight excluding hydrogens is 403 g/mol. The predicted molar refractivity (Wildman–Crippen MR) is 108 cm³/mol. The topological polar surface area (TPSA) is 78.9 Å². The second-order valence-corrected chi connectivity index (χ2v) is 9.19. The first-order chi connectivity index (χ1) is 11.4. The average molecular weight is 431 g/mol. The van der Waals surface area contributed by atoms with Gasteiger partial charge in [-0.25, -0.2) is 0 Å². The molecule has 25 heavy (non-hydrogen) atoms. The fourth-order valence-corrected chi connectivity index (χ4v) is 2.56. The van der Waals surface area contributed by atoms with Gasteiger partial charge >= 0.3 is 26.5 Å². The molecule has 0 heterocycles. The van der Waals surface area contributed by atoms with Crippen LogP contribution in [0.2, 0.25) is 0 Å². The predicted octanol–water partition coefficient (Wildman–Crippen LogP) is 3.71. The summed E-state index contributed by atoms with van der Waals surface area (Å²) in [6.45, 7) is 10.7. The SMILES string of the molecule is CC(C)C(S)C(=O)OP(OC(=O)C(S)C(C)C)OC(=O)C(S)C(C)C. The molecular formula is C15H27O6PS3. The van der Waals surface area contributed by atoms with E-state index in [0.717, 1.165) is 0 Å². The van der Waals surface area contributed by atoms with Crippen LogP contribution in [0.5, 0.6) is 0 Å². The highest BCUT2D eigenvalue weighted by atomic mass is 32.1. The van der Waals surface area contributed by atoms with Gasteiger partial charge in [0, 0.05) is 0 Å². The van der Waals surface area contributed by atoms with Crippen LogP contribution in [-0.4, -0.2) is 33.7 Å². The van der Waals surface area contributed by atoms with E-state index in [1.807, 2.05) is 0 Å². The van der Waals surface area contributed by atoms with Gasteiger partial charge < -0.3 is 13.6 Å². The number of thiol groups is 3. The molecule has 0 saturated heterocycles. The van der Waals surface area contributed by atoms with E-state index in [1.165, 1.54) is 0 Å². The van der Waals surface area contributed by atoms with Gasteiger partial charge in [-0.15, -0.1) is 0 Å². The van der Waals surface area contributed by atoms with E-state index in [9.17, 15) is 14.4 Å². The lowest BCUT2D eigenvalue weighted by molar-refractivity contribution is -0.142. The Hall–Kier alpha value is -0.110. The van der Waals surface area contributed by atoms with E-state index in [1.54, 1.807) is 41.5 Å². The van der Waals surface area contributed by atoms with Gasteiger partial charge in [0.15, 0.2) is 0 Å². The zero-order valence-corrected chi connectivity index (χ0v) is 18.8. The molecule has 0 spiro atoms. The number of hydrogen-bond donors (Lipinski definition) is 3. The lowest BCUT2D eigenvalue weighted by atomic mass is 10.1. The largest absolute Gasteiger partial charge is 0.537 e. The Balaban J connectivity index is 5.14. The summed E-state index contributed by atoms with van der Waals surface area (Å²) >= 11 is 12.4. The third-order valence-electron chi connectivity index (χ3n) is 3.11. The summed E-state index contributed by atoms with van der Waals surface area (Å²) in [4.78, 5) is 36.2. The van der Waals surface area contributed by atoms with Crippen molar-refractivity contribution in [2.24, 2.45) is 17.8 Å². The minimum atomic E-state index is -2.55. The van der Waals surface area contributed by atoms with Crippen molar-refractivity contribution in [3.8, 4) is 0 Å². The molecule has 0 N–H and O–H groups in total. The third-order valence-corrected chi connectivity index (χ3v) is 6.52. The highest BCUT2D eigenvalue weighted by molar-refractivity contribution is 7.82. The lowest BCUT2D eigenvalue weighted by Crippen LogP contribution is -2.27. The van der Waals surface area contributed by atoms with Crippen molar-refractivity contribution in [1.29, 1.82) is 0 Å². The van der Waals surface area contributed by atoms with E-state index in [2.05, 4.69) is 37.9 Å². The first kappa shape index (κ1) is 24.9. The summed E-state index contributed by atoms with van der Waals surface area (Å²) in [5, 5.41) is -2.22. The summed E-state index contributed by atoms with van der Waals surface area (Å²) < 4.78 is 15.2. The highest BCUT2D eigenvalue weighted by Crippen LogP contribution is 2.43. The van der Waals surface area contributed by atoms with Gasteiger partial charge in [0.2, 0.25) is 0 Å². The summed E-state index contributed by atoms with van der Waals surface area (Å²) in [5.41, 5.74) is 0. The molecule has 0 bridgehead atoms. The molecule has 3 unspecified atom stereocenters. The Morgan fingerprint density at radius 1 is 0.600 bits per heavy atom. The monoisotopic (exact) mass is 430 g/mol. The Morgan fingerprint density at radius 2 is 0.800 bits per heavy atom. The van der Waals surface area contributed by atoms with Gasteiger partial charge in [-0.2, -0.15) is 37.9 Å². The molecule has 0 aromatic rings. The molecule has 0 aliphatic heterocycles. The number of carbonyl (C=O) groups is 3. The summed E-state index contributed by atoms with van der Waals surface area (Å²) in [5.74, 6) is -2.52. The summed E-state index contributed by atoms with van der Waals surface area (Å²) in [7, 11) is -2.55. The van der Waals surface area contributed by atoms with Crippen molar-refractivity contribution in [2.45, 2.75) is 57.3 Å². The second-order valence-electron chi connectivity index (χ2n) is 6.52. The summed E-state index contributed by atoms with van der Waals surface area (Å²) in [6, 6.07) is 0. The standard InChI is InChI=1S/C15H27O6PS3/c1-7(2)10(23)13(16)19-22(20-14(17)11(24)8(3)4)21-15(18)12(25)9(5)6/h7-12,23-25H,1-6H3. The van der Waals surface area contributed by atoms with E-state index in [4.69, 9.17) is 13.6 Å². The van der Waals surface area contributed by atoms with Crippen LogP contribution in [-0.2, 0) is 28.0 Å². The van der Waals surface area contributed by atoms with Crippen LogP contribution in [0.25, 0.3) is 0 Å². The Labute approximate surface area is 167 Å². The van der Waals surface area contributed by atoms with Gasteiger partial charge in [-0.1, -0.05) is 41.5 Å². The third kappa shape index (κ3) is 8.89. The zero-order valence-electron chi connectivity index (χ0n) is 15.2. The van der Waals surface area contributed by atoms with Crippen molar-refractivity contribution in [3.63, 3.8) is 0 Å². The minimum absolute atomic E-state index is 0.110. The van der Waals surface area contributed by atoms with E-state index >= 15 is 0 Å². The van der Waals surface area contributed by atoms with Crippen molar-refractivity contribution in [3.05, 3.63) is 0 Å². The van der Waals surface area contributed by atoms with Crippen molar-refractivity contribution in [1.82, 2.24) is 0 Å². The van der Waals surface area contributed by atoms with Crippen LogP contribution in [0, 0.1) is 17.8 Å².